The smallest absolute Gasteiger partial charge is 0.227 e. The normalized spacial score (nSPS) is 11.8. The summed E-state index contributed by atoms with van der Waals surface area (Å²) in [6.45, 7) is 0. The zero-order chi connectivity index (χ0) is 27.6. The fourth-order valence-corrected chi connectivity index (χ4v) is 6.42. The van der Waals surface area contributed by atoms with Crippen molar-refractivity contribution < 1.29 is 8.83 Å². The van der Waals surface area contributed by atoms with Gasteiger partial charge in [-0.1, -0.05) is 97.1 Å². The maximum Gasteiger partial charge on any atom is 0.227 e. The molecule has 0 N–H and O–H groups in total. The van der Waals surface area contributed by atoms with Gasteiger partial charge in [0.15, 0.2) is 5.58 Å². The molecule has 2 heterocycles. The standard InChI is InChI=1S/C39H23NO2/c1-2-10-24(11-3-1)39-40-33-22-25(19-21-35(33)42-39)37-29-13-4-6-15-31(29)38(32-16-7-5-14-30(32)37)26-18-20-28-27-12-8-9-17-34(27)41-36(28)23-26/h1-23H. The lowest BCUT2D eigenvalue weighted by Crippen LogP contribution is -1.90. The van der Waals surface area contributed by atoms with Crippen LogP contribution >= 0.6 is 0 Å². The second-order valence-electron chi connectivity index (χ2n) is 10.7. The van der Waals surface area contributed by atoms with Gasteiger partial charge in [-0.25, -0.2) is 4.98 Å². The number of hydrogen-bond donors (Lipinski definition) is 0. The number of oxazole rings is 1. The number of nitrogens with zero attached hydrogens (tertiary/aromatic N) is 1. The molecule has 0 spiro atoms. The monoisotopic (exact) mass is 537 g/mol. The highest BCUT2D eigenvalue weighted by molar-refractivity contribution is 6.22. The van der Waals surface area contributed by atoms with Crippen LogP contribution in [0, 0.1) is 0 Å². The summed E-state index contributed by atoms with van der Waals surface area (Å²) in [7, 11) is 0. The zero-order valence-electron chi connectivity index (χ0n) is 22.5. The van der Waals surface area contributed by atoms with E-state index in [1.807, 2.05) is 48.5 Å². The van der Waals surface area contributed by atoms with Crippen molar-refractivity contribution in [3.8, 4) is 33.7 Å². The Morgan fingerprint density at radius 1 is 0.357 bits per heavy atom. The fraction of sp³-hybridized carbons (Fsp3) is 0. The molecule has 0 atom stereocenters. The van der Waals surface area contributed by atoms with Crippen LogP contribution in [0.1, 0.15) is 0 Å². The van der Waals surface area contributed by atoms with Crippen LogP contribution in [0.4, 0.5) is 0 Å². The van der Waals surface area contributed by atoms with Crippen molar-refractivity contribution in [2.24, 2.45) is 0 Å². The van der Waals surface area contributed by atoms with Crippen molar-refractivity contribution in [1.29, 1.82) is 0 Å². The minimum atomic E-state index is 0.633. The summed E-state index contributed by atoms with van der Waals surface area (Å²) < 4.78 is 12.4. The predicted octanol–water partition coefficient (Wildman–Crippen LogP) is 11.0. The summed E-state index contributed by atoms with van der Waals surface area (Å²) in [6, 6.07) is 48.6. The van der Waals surface area contributed by atoms with E-state index in [2.05, 4.69) is 91.0 Å². The SMILES string of the molecule is c1ccc(-c2nc3cc(-c4c5ccccc5c(-c5ccc6c(c5)oc5ccccc56)c5ccccc45)ccc3o2)cc1. The lowest BCUT2D eigenvalue weighted by molar-refractivity contribution is 0.620. The van der Waals surface area contributed by atoms with Crippen molar-refractivity contribution in [3.63, 3.8) is 0 Å². The summed E-state index contributed by atoms with van der Waals surface area (Å²) >= 11 is 0. The fourth-order valence-electron chi connectivity index (χ4n) is 6.42. The van der Waals surface area contributed by atoms with Gasteiger partial charge in [-0.2, -0.15) is 0 Å². The Hall–Kier alpha value is -5.67. The number of aromatic nitrogens is 1. The molecule has 9 rings (SSSR count). The summed E-state index contributed by atoms with van der Waals surface area (Å²) in [5, 5.41) is 7.07. The third-order valence-electron chi connectivity index (χ3n) is 8.30. The minimum absolute atomic E-state index is 0.633. The number of fused-ring (bicyclic) bond motifs is 6. The molecule has 0 aliphatic heterocycles. The van der Waals surface area contributed by atoms with Crippen molar-refractivity contribution in [2.75, 3.05) is 0 Å². The number of para-hydroxylation sites is 1. The molecule has 0 amide bonds. The van der Waals surface area contributed by atoms with Gasteiger partial charge in [0.05, 0.1) is 0 Å². The molecule has 0 radical (unpaired) electrons. The van der Waals surface area contributed by atoms with Gasteiger partial charge in [-0.05, 0) is 86.3 Å². The molecule has 42 heavy (non-hydrogen) atoms. The van der Waals surface area contributed by atoms with Crippen molar-refractivity contribution >= 4 is 54.6 Å². The van der Waals surface area contributed by atoms with E-state index in [0.29, 0.717) is 5.89 Å². The molecule has 0 aliphatic carbocycles. The number of furan rings is 1. The second-order valence-corrected chi connectivity index (χ2v) is 10.7. The summed E-state index contributed by atoms with van der Waals surface area (Å²) in [5.41, 5.74) is 9.06. The molecule has 0 bridgehead atoms. The van der Waals surface area contributed by atoms with Crippen molar-refractivity contribution in [1.82, 2.24) is 4.98 Å². The third kappa shape index (κ3) is 3.44. The molecule has 9 aromatic rings. The van der Waals surface area contributed by atoms with Gasteiger partial charge in [0.1, 0.15) is 16.7 Å². The highest BCUT2D eigenvalue weighted by Gasteiger charge is 2.18. The summed E-state index contributed by atoms with van der Waals surface area (Å²) in [5.74, 6) is 0.633. The quantitative estimate of drug-likeness (QED) is 0.210. The molecular weight excluding hydrogens is 514 g/mol. The Balaban J connectivity index is 1.30. The second kappa shape index (κ2) is 8.92. The molecule has 196 valence electrons. The molecule has 0 aliphatic rings. The van der Waals surface area contributed by atoms with Gasteiger partial charge >= 0.3 is 0 Å². The number of rotatable bonds is 3. The minimum Gasteiger partial charge on any atom is -0.456 e. The van der Waals surface area contributed by atoms with E-state index in [4.69, 9.17) is 13.8 Å². The summed E-state index contributed by atoms with van der Waals surface area (Å²) in [6.07, 6.45) is 0. The molecule has 3 heteroatoms. The Bertz CT molecular complexity index is 2410. The van der Waals surface area contributed by atoms with E-state index < -0.39 is 0 Å². The average Bonchev–Trinajstić information content (AvgIpc) is 3.65. The topological polar surface area (TPSA) is 39.2 Å². The van der Waals surface area contributed by atoms with Crippen molar-refractivity contribution in [2.45, 2.75) is 0 Å². The highest BCUT2D eigenvalue weighted by atomic mass is 16.3. The van der Waals surface area contributed by atoms with Crippen LogP contribution in [-0.4, -0.2) is 4.98 Å². The molecule has 0 saturated carbocycles. The Morgan fingerprint density at radius 2 is 0.905 bits per heavy atom. The van der Waals surface area contributed by atoms with E-state index in [1.165, 1.54) is 32.7 Å². The zero-order valence-corrected chi connectivity index (χ0v) is 22.5. The molecule has 7 aromatic carbocycles. The molecule has 2 aromatic heterocycles. The third-order valence-corrected chi connectivity index (χ3v) is 8.30. The average molecular weight is 538 g/mol. The van der Waals surface area contributed by atoms with Gasteiger partial charge in [0.25, 0.3) is 0 Å². The van der Waals surface area contributed by atoms with Crippen LogP contribution < -0.4 is 0 Å². The first-order chi connectivity index (χ1) is 20.8. The summed E-state index contributed by atoms with van der Waals surface area (Å²) in [4.78, 5) is 4.86. The van der Waals surface area contributed by atoms with E-state index in [0.717, 1.165) is 49.7 Å². The Morgan fingerprint density at radius 3 is 1.60 bits per heavy atom. The van der Waals surface area contributed by atoms with Crippen LogP contribution in [0.2, 0.25) is 0 Å². The van der Waals surface area contributed by atoms with E-state index in [-0.39, 0.29) is 0 Å². The largest absolute Gasteiger partial charge is 0.456 e. The Kier molecular flexibility index (Phi) is 4.90. The van der Waals surface area contributed by atoms with E-state index >= 15 is 0 Å². The molecule has 0 saturated heterocycles. The van der Waals surface area contributed by atoms with Crippen LogP contribution in [0.15, 0.2) is 148 Å². The van der Waals surface area contributed by atoms with E-state index in [9.17, 15) is 0 Å². The lowest BCUT2D eigenvalue weighted by atomic mass is 9.86. The molecular formula is C39H23NO2. The van der Waals surface area contributed by atoms with Gasteiger partial charge in [-0.15, -0.1) is 0 Å². The predicted molar refractivity (Wildman–Crippen MR) is 173 cm³/mol. The molecule has 0 fully saturated rings. The maximum atomic E-state index is 6.29. The van der Waals surface area contributed by atoms with E-state index in [1.54, 1.807) is 0 Å². The number of benzene rings is 7. The van der Waals surface area contributed by atoms with Crippen molar-refractivity contribution in [3.05, 3.63) is 140 Å². The van der Waals surface area contributed by atoms with Gasteiger partial charge < -0.3 is 8.83 Å². The van der Waals surface area contributed by atoms with Crippen LogP contribution in [0.5, 0.6) is 0 Å². The van der Waals surface area contributed by atoms with Gasteiger partial charge in [0.2, 0.25) is 5.89 Å². The molecule has 3 nitrogen and oxygen atoms in total. The molecule has 0 unspecified atom stereocenters. The van der Waals surface area contributed by atoms with Gasteiger partial charge in [-0.3, -0.25) is 0 Å². The number of hydrogen-bond acceptors (Lipinski definition) is 3. The van der Waals surface area contributed by atoms with Crippen LogP contribution in [0.25, 0.3) is 88.3 Å². The first kappa shape index (κ1) is 23.1. The first-order valence-corrected chi connectivity index (χ1v) is 14.1. The lowest BCUT2D eigenvalue weighted by Gasteiger charge is -2.17. The first-order valence-electron chi connectivity index (χ1n) is 14.1. The Labute approximate surface area is 241 Å². The van der Waals surface area contributed by atoms with Crippen LogP contribution in [0.3, 0.4) is 0 Å². The van der Waals surface area contributed by atoms with Gasteiger partial charge in [0, 0.05) is 16.3 Å². The van der Waals surface area contributed by atoms with Crippen LogP contribution in [-0.2, 0) is 0 Å². The highest BCUT2D eigenvalue weighted by Crippen LogP contribution is 2.45. The maximum absolute atomic E-state index is 6.29.